The second-order valence-corrected chi connectivity index (χ2v) is 5.29. The molecule has 7 nitrogen and oxygen atoms in total. The number of benzene rings is 1. The summed E-state index contributed by atoms with van der Waals surface area (Å²) in [4.78, 5) is 26.9. The molecule has 0 spiro atoms. The summed E-state index contributed by atoms with van der Waals surface area (Å²) >= 11 is 0. The number of hydrogen-bond donors (Lipinski definition) is 1. The lowest BCUT2D eigenvalue weighted by atomic mass is 10.2. The maximum Gasteiger partial charge on any atom is 0.346 e. The van der Waals surface area contributed by atoms with Crippen LogP contribution in [-0.4, -0.2) is 41.7 Å². The maximum atomic E-state index is 12.4. The molecule has 2 rings (SSSR count). The zero-order chi connectivity index (χ0) is 17.0. The second-order valence-electron chi connectivity index (χ2n) is 5.29. The maximum absolute atomic E-state index is 12.4. The Balaban J connectivity index is 2.29. The Morgan fingerprint density at radius 2 is 1.96 bits per heavy atom. The number of carbonyl (C=O) groups excluding carboxylic acids is 1. The van der Waals surface area contributed by atoms with E-state index in [-0.39, 0.29) is 22.4 Å². The van der Waals surface area contributed by atoms with Gasteiger partial charge in [-0.1, -0.05) is 26.0 Å². The van der Waals surface area contributed by atoms with Gasteiger partial charge >= 0.3 is 11.6 Å². The van der Waals surface area contributed by atoms with Gasteiger partial charge in [0.05, 0.1) is 10.1 Å². The Morgan fingerprint density at radius 3 is 2.61 bits per heavy atom. The summed E-state index contributed by atoms with van der Waals surface area (Å²) in [7, 11) is 0. The molecular formula is C16H22N4O3. The van der Waals surface area contributed by atoms with Crippen molar-refractivity contribution in [2.45, 2.75) is 20.8 Å². The molecule has 0 aliphatic carbocycles. The smallest absolute Gasteiger partial charge is 0.346 e. The molecule has 23 heavy (non-hydrogen) atoms. The molecule has 1 N–H and O–H groups in total. The molecule has 1 heterocycles. The van der Waals surface area contributed by atoms with Crippen molar-refractivity contribution < 1.29 is 9.22 Å². The molecule has 7 heteroatoms. The zero-order valence-corrected chi connectivity index (χ0v) is 13.7. The molecule has 0 bridgehead atoms. The molecule has 0 fully saturated rings. The average molecular weight is 318 g/mol. The number of carbonyl (C=O) groups is 1. The van der Waals surface area contributed by atoms with Crippen molar-refractivity contribution in [1.82, 2.24) is 14.9 Å². The summed E-state index contributed by atoms with van der Waals surface area (Å²) in [6.07, 6.45) is 0. The number of nitrogens with zero attached hydrogens (tertiary/aromatic N) is 3. The molecule has 0 radical (unpaired) electrons. The average Bonchev–Trinajstić information content (AvgIpc) is 2.57. The molecule has 0 unspecified atom stereocenters. The van der Waals surface area contributed by atoms with Crippen molar-refractivity contribution in [3.05, 3.63) is 45.8 Å². The van der Waals surface area contributed by atoms with Crippen LogP contribution in [-0.2, 0) is 0 Å². The van der Waals surface area contributed by atoms with E-state index in [4.69, 9.17) is 0 Å². The van der Waals surface area contributed by atoms with Crippen LogP contribution < -0.4 is 9.74 Å². The zero-order valence-electron chi connectivity index (χ0n) is 13.7. The fourth-order valence-corrected chi connectivity index (χ4v) is 2.56. The van der Waals surface area contributed by atoms with Crippen molar-refractivity contribution in [2.24, 2.45) is 0 Å². The molecule has 1 aromatic heterocycles. The highest BCUT2D eigenvalue weighted by atomic mass is 16.5. The molecule has 0 saturated heterocycles. The van der Waals surface area contributed by atoms with Crippen molar-refractivity contribution in [1.29, 1.82) is 0 Å². The highest BCUT2D eigenvalue weighted by Gasteiger charge is 2.26. The quantitative estimate of drug-likeness (QED) is 0.813. The Kier molecular flexibility index (Phi) is 5.33. The lowest BCUT2D eigenvalue weighted by molar-refractivity contribution is -0.468. The SMILES string of the molecule is CCN(CC)CCNC(=O)c1c(C)n([O-])c2ccccc2[n+]1=O. The fraction of sp³-hybridized carbons (Fsp3) is 0.438. The number of nitrogens with one attached hydrogen (secondary N) is 1. The Morgan fingerprint density at radius 1 is 1.30 bits per heavy atom. The van der Waals surface area contributed by atoms with E-state index < -0.39 is 5.91 Å². The fourth-order valence-electron chi connectivity index (χ4n) is 2.56. The molecule has 124 valence electrons. The minimum atomic E-state index is -0.528. The second kappa shape index (κ2) is 7.23. The number of aromatic nitrogens is 2. The summed E-state index contributed by atoms with van der Waals surface area (Å²) in [6.45, 7) is 8.48. The van der Waals surface area contributed by atoms with E-state index in [0.717, 1.165) is 13.1 Å². The van der Waals surface area contributed by atoms with Gasteiger partial charge in [-0.05, 0) is 26.1 Å². The van der Waals surface area contributed by atoms with E-state index in [1.165, 1.54) is 13.0 Å². The van der Waals surface area contributed by atoms with Gasteiger partial charge in [0.2, 0.25) is 0 Å². The summed E-state index contributed by atoms with van der Waals surface area (Å²) in [5.41, 5.74) is 0.374. The highest BCUT2D eigenvalue weighted by Crippen LogP contribution is 2.13. The van der Waals surface area contributed by atoms with Crippen molar-refractivity contribution in [3.8, 4) is 0 Å². The topological polar surface area (TPSA) is 83.3 Å². The van der Waals surface area contributed by atoms with Gasteiger partial charge in [0.15, 0.2) is 0 Å². The number of fused-ring (bicyclic) bond motifs is 1. The van der Waals surface area contributed by atoms with E-state index in [1.54, 1.807) is 18.2 Å². The Labute approximate surface area is 134 Å². The van der Waals surface area contributed by atoms with E-state index in [1.807, 2.05) is 13.8 Å². The minimum Gasteiger partial charge on any atom is -0.805 e. The molecule has 2 aromatic rings. The predicted molar refractivity (Wildman–Crippen MR) is 88.9 cm³/mol. The lowest BCUT2D eigenvalue weighted by Gasteiger charge is -2.18. The van der Waals surface area contributed by atoms with Crippen molar-refractivity contribution in [3.63, 3.8) is 0 Å². The molecule has 1 amide bonds. The highest BCUT2D eigenvalue weighted by molar-refractivity contribution is 5.93. The van der Waals surface area contributed by atoms with Gasteiger partial charge in [0, 0.05) is 24.1 Å². The van der Waals surface area contributed by atoms with Crippen LogP contribution in [0.5, 0.6) is 0 Å². The van der Waals surface area contributed by atoms with E-state index in [9.17, 15) is 14.9 Å². The molecule has 0 atom stereocenters. The van der Waals surface area contributed by atoms with Gasteiger partial charge in [-0.2, -0.15) is 0 Å². The minimum absolute atomic E-state index is 0.0963. The van der Waals surface area contributed by atoms with E-state index in [2.05, 4.69) is 10.2 Å². The first kappa shape index (κ1) is 17.0. The first-order valence-corrected chi connectivity index (χ1v) is 7.76. The Hall–Kier alpha value is -2.41. The molecule has 0 aliphatic rings. The number of rotatable bonds is 6. The largest absolute Gasteiger partial charge is 0.805 e. The lowest BCUT2D eigenvalue weighted by Crippen LogP contribution is -2.40. The van der Waals surface area contributed by atoms with Crippen LogP contribution in [0.2, 0.25) is 0 Å². The number of para-hydroxylation sites is 2. The number of hydrogen-bond acceptors (Lipinski definition) is 4. The van der Waals surface area contributed by atoms with Crippen molar-refractivity contribution >= 4 is 16.9 Å². The summed E-state index contributed by atoms with van der Waals surface area (Å²) in [6, 6.07) is 6.43. The van der Waals surface area contributed by atoms with Crippen LogP contribution in [0.3, 0.4) is 0 Å². The Bertz CT molecular complexity index is 766. The third kappa shape index (κ3) is 3.34. The molecule has 0 aliphatic heterocycles. The monoisotopic (exact) mass is 318 g/mol. The summed E-state index contributed by atoms with van der Waals surface area (Å²) in [5.74, 6) is -0.528. The molecule has 0 saturated carbocycles. The van der Waals surface area contributed by atoms with E-state index in [0.29, 0.717) is 22.2 Å². The van der Waals surface area contributed by atoms with Gasteiger partial charge in [0.1, 0.15) is 5.52 Å². The van der Waals surface area contributed by atoms with Crippen LogP contribution >= 0.6 is 0 Å². The van der Waals surface area contributed by atoms with Gasteiger partial charge in [-0.25, -0.2) is 0 Å². The normalized spacial score (nSPS) is 11.1. The third-order valence-corrected chi connectivity index (χ3v) is 3.99. The summed E-state index contributed by atoms with van der Waals surface area (Å²) < 4.78 is 1.16. The predicted octanol–water partition coefficient (Wildman–Crippen LogP) is 1.28. The first-order chi connectivity index (χ1) is 11.0. The number of likely N-dealkylation sites (N-methyl/N-ethyl adjacent to an activating group) is 1. The molecular weight excluding hydrogens is 296 g/mol. The van der Waals surface area contributed by atoms with Gasteiger partial charge in [-0.15, -0.1) is 0 Å². The van der Waals surface area contributed by atoms with Crippen LogP contribution in [0.1, 0.15) is 30.0 Å². The standard InChI is InChI=1S/C16H22N4O3/c1-4-18(5-2)11-10-17-16(21)15-12(3)19(22)13-8-6-7-9-14(13)20(15)23/h6-9H,4-5,10-11H2,1-3H3,(H,17,21). The van der Waals surface area contributed by atoms with Crippen LogP contribution in [0, 0.1) is 17.0 Å². The van der Waals surface area contributed by atoms with Crippen LogP contribution in [0.15, 0.2) is 24.3 Å². The van der Waals surface area contributed by atoms with Gasteiger partial charge in [0.25, 0.3) is 5.52 Å². The first-order valence-electron chi connectivity index (χ1n) is 7.76. The summed E-state index contributed by atoms with van der Waals surface area (Å²) in [5, 5.41) is 15.0. The van der Waals surface area contributed by atoms with Crippen molar-refractivity contribution in [2.75, 3.05) is 26.2 Å². The van der Waals surface area contributed by atoms with Gasteiger partial charge < -0.3 is 20.2 Å². The van der Waals surface area contributed by atoms with E-state index >= 15 is 0 Å². The van der Waals surface area contributed by atoms with Crippen LogP contribution in [0.25, 0.3) is 11.0 Å². The van der Waals surface area contributed by atoms with Crippen LogP contribution in [0.4, 0.5) is 0 Å². The van der Waals surface area contributed by atoms with Gasteiger partial charge in [-0.3, -0.25) is 4.79 Å². The number of amides is 1. The third-order valence-electron chi connectivity index (χ3n) is 3.99. The molecule has 1 aromatic carbocycles.